The molecule has 3 aromatic rings. The number of nitrogens with two attached hydrogens (primary N) is 1. The highest BCUT2D eigenvalue weighted by Crippen LogP contribution is 2.38. The largest absolute Gasteiger partial charge is 0.368 e. The van der Waals surface area contributed by atoms with Crippen LogP contribution in [0.15, 0.2) is 54.1 Å². The Hall–Kier alpha value is -2.78. The van der Waals surface area contributed by atoms with Gasteiger partial charge in [0.1, 0.15) is 0 Å². The summed E-state index contributed by atoms with van der Waals surface area (Å²) in [5.74, 6) is 0.135. The van der Waals surface area contributed by atoms with Crippen LogP contribution in [-0.2, 0) is 17.1 Å². The Morgan fingerprint density at radius 2 is 1.93 bits per heavy atom. The quantitative estimate of drug-likeness (QED) is 0.723. The highest BCUT2D eigenvalue weighted by molar-refractivity contribution is 7.89. The van der Waals surface area contributed by atoms with E-state index in [1.54, 1.807) is 17.8 Å². The predicted octanol–water partition coefficient (Wildman–Crippen LogP) is 2.38. The second-order valence-electron chi connectivity index (χ2n) is 6.90. The maximum atomic E-state index is 13.3. The van der Waals surface area contributed by atoms with Crippen LogP contribution in [0.25, 0.3) is 11.1 Å². The Kier molecular flexibility index (Phi) is 4.86. The molecule has 4 rings (SSSR count). The van der Waals surface area contributed by atoms with Crippen molar-refractivity contribution >= 4 is 16.0 Å². The number of aromatic nitrogens is 4. The number of nitrogen functional groups attached to an aromatic ring is 1. The maximum Gasteiger partial charge on any atom is 0.262 e. The molecule has 0 spiro atoms. The summed E-state index contributed by atoms with van der Waals surface area (Å²) in [5.41, 5.74) is 8.24. The molecule has 1 aliphatic heterocycles. The van der Waals surface area contributed by atoms with Gasteiger partial charge in [0.25, 0.3) is 10.0 Å². The van der Waals surface area contributed by atoms with Crippen LogP contribution in [0.1, 0.15) is 31.0 Å². The van der Waals surface area contributed by atoms with Gasteiger partial charge in [0.2, 0.25) is 5.95 Å². The van der Waals surface area contributed by atoms with Crippen molar-refractivity contribution in [1.29, 1.82) is 0 Å². The summed E-state index contributed by atoms with van der Waals surface area (Å²) in [5, 5.41) is 0.0465. The molecule has 1 unspecified atom stereocenters. The number of nitrogens with zero attached hydrogens (tertiary/aromatic N) is 5. The zero-order valence-corrected chi connectivity index (χ0v) is 16.4. The van der Waals surface area contributed by atoms with Gasteiger partial charge >= 0.3 is 0 Å². The van der Waals surface area contributed by atoms with E-state index < -0.39 is 16.1 Å². The van der Waals surface area contributed by atoms with Crippen LogP contribution in [0.3, 0.4) is 0 Å². The molecule has 3 heterocycles. The zero-order valence-electron chi connectivity index (χ0n) is 15.6. The van der Waals surface area contributed by atoms with E-state index >= 15 is 0 Å². The summed E-state index contributed by atoms with van der Waals surface area (Å²) in [7, 11) is -2.00. The zero-order chi connectivity index (χ0) is 19.7. The van der Waals surface area contributed by atoms with Crippen LogP contribution in [0.2, 0.25) is 0 Å². The van der Waals surface area contributed by atoms with E-state index in [-0.39, 0.29) is 11.0 Å². The number of benzene rings is 1. The average Bonchev–Trinajstić information content (AvgIpc) is 3.16. The fourth-order valence-corrected chi connectivity index (χ4v) is 5.24. The van der Waals surface area contributed by atoms with E-state index in [9.17, 15) is 8.42 Å². The first-order valence-corrected chi connectivity index (χ1v) is 10.6. The lowest BCUT2D eigenvalue weighted by Crippen LogP contribution is -2.39. The molecule has 0 amide bonds. The topological polar surface area (TPSA) is 107 Å². The summed E-state index contributed by atoms with van der Waals surface area (Å²) in [4.78, 5) is 12.7. The van der Waals surface area contributed by atoms with Crippen molar-refractivity contribution in [3.63, 3.8) is 0 Å². The third-order valence-corrected chi connectivity index (χ3v) is 6.74. The Balaban J connectivity index is 1.82. The lowest BCUT2D eigenvalue weighted by Gasteiger charge is -2.34. The molecule has 1 aliphatic rings. The van der Waals surface area contributed by atoms with Gasteiger partial charge in [-0.2, -0.15) is 4.31 Å². The van der Waals surface area contributed by atoms with Gasteiger partial charge in [-0.05, 0) is 18.4 Å². The van der Waals surface area contributed by atoms with Crippen LogP contribution in [0, 0.1) is 0 Å². The molecule has 9 heteroatoms. The lowest BCUT2D eigenvalue weighted by atomic mass is 9.95. The van der Waals surface area contributed by atoms with Crippen LogP contribution in [0.4, 0.5) is 5.95 Å². The SMILES string of the molecule is Cn1cnc(S(=O)(=O)N2CCCCC2c2nc(N)ncc2-c2ccccc2)c1. The average molecular weight is 398 g/mol. The van der Waals surface area contributed by atoms with Gasteiger partial charge in [-0.1, -0.05) is 36.8 Å². The minimum absolute atomic E-state index is 0.0465. The second kappa shape index (κ2) is 7.33. The predicted molar refractivity (Wildman–Crippen MR) is 106 cm³/mol. The third kappa shape index (κ3) is 3.38. The van der Waals surface area contributed by atoms with Gasteiger partial charge in [0, 0.05) is 31.5 Å². The van der Waals surface area contributed by atoms with E-state index in [0.717, 1.165) is 24.0 Å². The Labute approximate surface area is 164 Å². The minimum Gasteiger partial charge on any atom is -0.368 e. The smallest absolute Gasteiger partial charge is 0.262 e. The molecule has 146 valence electrons. The summed E-state index contributed by atoms with van der Waals surface area (Å²) < 4.78 is 29.7. The van der Waals surface area contributed by atoms with E-state index in [1.165, 1.54) is 16.8 Å². The maximum absolute atomic E-state index is 13.3. The van der Waals surface area contributed by atoms with Crippen molar-refractivity contribution in [1.82, 2.24) is 23.8 Å². The first kappa shape index (κ1) is 18.6. The summed E-state index contributed by atoms with van der Waals surface area (Å²) in [6.07, 6.45) is 7.06. The normalized spacial score (nSPS) is 18.2. The molecule has 0 radical (unpaired) electrons. The van der Waals surface area contributed by atoms with Crippen LogP contribution in [-0.4, -0.2) is 38.8 Å². The van der Waals surface area contributed by atoms with Crippen LogP contribution in [0.5, 0.6) is 0 Å². The molecule has 0 aliphatic carbocycles. The monoisotopic (exact) mass is 398 g/mol. The molecule has 1 saturated heterocycles. The van der Waals surface area contributed by atoms with Gasteiger partial charge in [-0.25, -0.2) is 23.4 Å². The number of aryl methyl sites for hydroxylation is 1. The molecule has 0 saturated carbocycles. The number of piperidine rings is 1. The van der Waals surface area contributed by atoms with Gasteiger partial charge < -0.3 is 10.3 Å². The molecule has 1 aromatic carbocycles. The molecular weight excluding hydrogens is 376 g/mol. The standard InChI is InChI=1S/C19H22N6O2S/c1-24-12-17(22-13-24)28(26,27)25-10-6-5-9-16(25)18-15(11-21-19(20)23-18)14-7-3-2-4-8-14/h2-4,7-8,11-13,16H,5-6,9-10H2,1H3,(H2,20,21,23). The van der Waals surface area contributed by atoms with E-state index in [2.05, 4.69) is 15.0 Å². The van der Waals surface area contributed by atoms with E-state index in [0.29, 0.717) is 18.7 Å². The summed E-state index contributed by atoms with van der Waals surface area (Å²) in [6.45, 7) is 0.418. The molecule has 1 fully saturated rings. The summed E-state index contributed by atoms with van der Waals surface area (Å²) >= 11 is 0. The molecule has 2 aromatic heterocycles. The molecule has 0 bridgehead atoms. The fourth-order valence-electron chi connectivity index (χ4n) is 3.61. The molecule has 1 atom stereocenters. The lowest BCUT2D eigenvalue weighted by molar-refractivity contribution is 0.251. The van der Waals surface area contributed by atoms with Crippen LogP contribution >= 0.6 is 0 Å². The Bertz CT molecular complexity index is 1080. The number of hydrogen-bond acceptors (Lipinski definition) is 6. The van der Waals surface area contributed by atoms with Gasteiger partial charge in [0.15, 0.2) is 5.03 Å². The molecular formula is C19H22N6O2S. The van der Waals surface area contributed by atoms with Gasteiger partial charge in [-0.3, -0.25) is 0 Å². The first-order valence-electron chi connectivity index (χ1n) is 9.14. The third-order valence-electron chi connectivity index (χ3n) is 4.95. The Morgan fingerprint density at radius 1 is 1.14 bits per heavy atom. The Morgan fingerprint density at radius 3 is 2.64 bits per heavy atom. The molecule has 8 nitrogen and oxygen atoms in total. The first-order chi connectivity index (χ1) is 13.5. The van der Waals surface area contributed by atoms with E-state index in [4.69, 9.17) is 5.73 Å². The van der Waals surface area contributed by atoms with E-state index in [1.807, 2.05) is 30.3 Å². The fraction of sp³-hybridized carbons (Fsp3) is 0.316. The van der Waals surface area contributed by atoms with Crippen molar-refractivity contribution in [3.05, 3.63) is 54.7 Å². The molecule has 2 N–H and O–H groups in total. The minimum atomic E-state index is -3.75. The second-order valence-corrected chi connectivity index (χ2v) is 8.74. The van der Waals surface area contributed by atoms with Crippen LogP contribution < -0.4 is 5.73 Å². The van der Waals surface area contributed by atoms with Gasteiger partial charge in [0.05, 0.1) is 18.1 Å². The highest BCUT2D eigenvalue weighted by Gasteiger charge is 2.37. The van der Waals surface area contributed by atoms with Gasteiger partial charge in [-0.15, -0.1) is 0 Å². The summed E-state index contributed by atoms with van der Waals surface area (Å²) in [6, 6.07) is 9.29. The molecule has 28 heavy (non-hydrogen) atoms. The number of sulfonamides is 1. The van der Waals surface area contributed by atoms with Crippen molar-refractivity contribution in [2.75, 3.05) is 12.3 Å². The number of anilines is 1. The van der Waals surface area contributed by atoms with Crippen molar-refractivity contribution in [2.45, 2.75) is 30.3 Å². The number of imidazole rings is 1. The number of rotatable bonds is 4. The van der Waals surface area contributed by atoms with Crippen molar-refractivity contribution in [3.8, 4) is 11.1 Å². The number of hydrogen-bond donors (Lipinski definition) is 1. The highest BCUT2D eigenvalue weighted by atomic mass is 32.2. The van der Waals surface area contributed by atoms with Crippen molar-refractivity contribution < 1.29 is 8.42 Å². The van der Waals surface area contributed by atoms with Crippen molar-refractivity contribution in [2.24, 2.45) is 7.05 Å².